The van der Waals surface area contributed by atoms with Crippen LogP contribution >= 0.6 is 11.5 Å². The van der Waals surface area contributed by atoms with Gasteiger partial charge in [0.25, 0.3) is 5.91 Å². The lowest BCUT2D eigenvalue weighted by Gasteiger charge is -2.11. The molecule has 20 heavy (non-hydrogen) atoms. The van der Waals surface area contributed by atoms with Crippen molar-refractivity contribution < 1.29 is 9.53 Å². The number of fused-ring (bicyclic) bond motifs is 1. The number of nitrogens with one attached hydrogen (secondary N) is 1. The van der Waals surface area contributed by atoms with E-state index in [-0.39, 0.29) is 12.0 Å². The number of rotatable bonds is 4. The van der Waals surface area contributed by atoms with Gasteiger partial charge in [0.2, 0.25) is 0 Å². The second kappa shape index (κ2) is 5.58. The number of carbonyl (C=O) groups is 1. The Labute approximate surface area is 121 Å². The van der Waals surface area contributed by atoms with Gasteiger partial charge in [-0.1, -0.05) is 29.6 Å². The van der Waals surface area contributed by atoms with Crippen LogP contribution in [0.1, 0.15) is 27.9 Å². The number of carbonyl (C=O) groups excluding carboxylic acids is 1. The quantitative estimate of drug-likeness (QED) is 0.932. The van der Waals surface area contributed by atoms with Gasteiger partial charge in [-0.15, -0.1) is 5.10 Å². The molecule has 2 aromatic rings. The summed E-state index contributed by atoms with van der Waals surface area (Å²) in [4.78, 5) is 12.7. The Morgan fingerprint density at radius 3 is 3.15 bits per heavy atom. The van der Waals surface area contributed by atoms with Gasteiger partial charge >= 0.3 is 0 Å². The van der Waals surface area contributed by atoms with Crippen LogP contribution in [0.15, 0.2) is 24.3 Å². The van der Waals surface area contributed by atoms with Crippen molar-refractivity contribution in [3.63, 3.8) is 0 Å². The number of hydrogen-bond acceptors (Lipinski definition) is 5. The van der Waals surface area contributed by atoms with E-state index in [1.165, 1.54) is 5.56 Å². The lowest BCUT2D eigenvalue weighted by atomic mass is 10.1. The fraction of sp³-hybridized carbons (Fsp3) is 0.357. The molecule has 1 aliphatic heterocycles. The van der Waals surface area contributed by atoms with Crippen molar-refractivity contribution in [3.05, 3.63) is 40.4 Å². The summed E-state index contributed by atoms with van der Waals surface area (Å²) in [5.41, 5.74) is 1.95. The Bertz CT molecular complexity index is 601. The highest BCUT2D eigenvalue weighted by atomic mass is 32.1. The van der Waals surface area contributed by atoms with E-state index in [1.54, 1.807) is 0 Å². The zero-order valence-corrected chi connectivity index (χ0v) is 11.9. The maximum absolute atomic E-state index is 12.1. The maximum atomic E-state index is 12.1. The molecule has 0 saturated carbocycles. The minimum absolute atomic E-state index is 0.00214. The van der Waals surface area contributed by atoms with Crippen LogP contribution in [0, 0.1) is 0 Å². The number of benzene rings is 1. The van der Waals surface area contributed by atoms with Crippen molar-refractivity contribution in [1.82, 2.24) is 14.9 Å². The Balaban J connectivity index is 1.58. The van der Waals surface area contributed by atoms with Crippen LogP contribution in [-0.4, -0.2) is 28.1 Å². The van der Waals surface area contributed by atoms with Gasteiger partial charge in [-0.3, -0.25) is 4.79 Å². The predicted octanol–water partition coefficient (Wildman–Crippen LogP) is 1.83. The summed E-state index contributed by atoms with van der Waals surface area (Å²) in [6, 6.07) is 7.97. The van der Waals surface area contributed by atoms with Crippen LogP contribution in [0.5, 0.6) is 5.75 Å². The van der Waals surface area contributed by atoms with Gasteiger partial charge in [-0.25, -0.2) is 0 Å². The smallest absolute Gasteiger partial charge is 0.265 e. The molecule has 1 atom stereocenters. The Morgan fingerprint density at radius 2 is 2.35 bits per heavy atom. The highest BCUT2D eigenvalue weighted by molar-refractivity contribution is 7.08. The average Bonchev–Trinajstić information content (AvgIpc) is 3.10. The predicted molar refractivity (Wildman–Crippen MR) is 76.2 cm³/mol. The number of aromatic nitrogens is 2. The van der Waals surface area contributed by atoms with Crippen LogP contribution in [0.2, 0.25) is 0 Å². The summed E-state index contributed by atoms with van der Waals surface area (Å²) in [6.07, 6.45) is 1.55. The van der Waals surface area contributed by atoms with E-state index in [1.807, 2.05) is 25.1 Å². The number of hydrogen-bond donors (Lipinski definition) is 1. The van der Waals surface area contributed by atoms with Crippen molar-refractivity contribution in [2.24, 2.45) is 0 Å². The third kappa shape index (κ3) is 2.51. The first-order valence-electron chi connectivity index (χ1n) is 6.62. The van der Waals surface area contributed by atoms with Crippen LogP contribution in [0.3, 0.4) is 0 Å². The molecule has 1 amide bonds. The van der Waals surface area contributed by atoms with Gasteiger partial charge in [-0.2, -0.15) is 0 Å². The highest BCUT2D eigenvalue weighted by Crippen LogP contribution is 2.27. The lowest BCUT2D eigenvalue weighted by Crippen LogP contribution is -2.34. The molecule has 1 aromatic heterocycles. The van der Waals surface area contributed by atoms with Gasteiger partial charge in [0.15, 0.2) is 0 Å². The summed E-state index contributed by atoms with van der Waals surface area (Å²) in [6.45, 7) is 2.46. The largest absolute Gasteiger partial charge is 0.488 e. The topological polar surface area (TPSA) is 64.1 Å². The summed E-state index contributed by atoms with van der Waals surface area (Å²) < 4.78 is 9.61. The Morgan fingerprint density at radius 1 is 1.50 bits per heavy atom. The van der Waals surface area contributed by atoms with Crippen molar-refractivity contribution in [2.45, 2.75) is 25.9 Å². The Kier molecular flexibility index (Phi) is 3.64. The van der Waals surface area contributed by atoms with E-state index >= 15 is 0 Å². The van der Waals surface area contributed by atoms with E-state index in [9.17, 15) is 4.79 Å². The van der Waals surface area contributed by atoms with E-state index < -0.39 is 0 Å². The average molecular weight is 289 g/mol. The Hall–Kier alpha value is -1.95. The molecule has 2 heterocycles. The van der Waals surface area contributed by atoms with Gasteiger partial charge < -0.3 is 10.1 Å². The first-order valence-corrected chi connectivity index (χ1v) is 7.39. The van der Waals surface area contributed by atoms with E-state index in [2.05, 4.69) is 21.0 Å². The summed E-state index contributed by atoms with van der Waals surface area (Å²) >= 11 is 1.14. The normalized spacial score (nSPS) is 16.6. The molecule has 3 rings (SSSR count). The van der Waals surface area contributed by atoms with Gasteiger partial charge in [0, 0.05) is 6.42 Å². The second-order valence-electron chi connectivity index (χ2n) is 4.66. The van der Waals surface area contributed by atoms with Crippen molar-refractivity contribution in [1.29, 1.82) is 0 Å². The summed E-state index contributed by atoms with van der Waals surface area (Å²) in [7, 11) is 0. The number of nitrogens with zero attached hydrogens (tertiary/aromatic N) is 2. The van der Waals surface area contributed by atoms with E-state index in [4.69, 9.17) is 4.74 Å². The molecule has 0 bridgehead atoms. The molecule has 5 nitrogen and oxygen atoms in total. The van der Waals surface area contributed by atoms with Crippen molar-refractivity contribution in [2.75, 3.05) is 6.54 Å². The number of amides is 1. The molecule has 1 aromatic carbocycles. The fourth-order valence-electron chi connectivity index (χ4n) is 2.27. The molecule has 0 spiro atoms. The van der Waals surface area contributed by atoms with Gasteiger partial charge in [0.05, 0.1) is 12.2 Å². The highest BCUT2D eigenvalue weighted by Gasteiger charge is 2.23. The van der Waals surface area contributed by atoms with Crippen LogP contribution < -0.4 is 10.1 Å². The molecule has 6 heteroatoms. The van der Waals surface area contributed by atoms with Crippen LogP contribution in [0.25, 0.3) is 0 Å². The molecule has 1 N–H and O–H groups in total. The zero-order chi connectivity index (χ0) is 13.9. The maximum Gasteiger partial charge on any atom is 0.265 e. The lowest BCUT2D eigenvalue weighted by molar-refractivity contribution is 0.0936. The monoisotopic (exact) mass is 289 g/mol. The minimum Gasteiger partial charge on any atom is -0.488 e. The third-order valence-corrected chi connectivity index (χ3v) is 4.07. The van der Waals surface area contributed by atoms with E-state index in [0.717, 1.165) is 29.4 Å². The summed E-state index contributed by atoms with van der Waals surface area (Å²) in [5, 5.41) is 6.85. The third-order valence-electron chi connectivity index (χ3n) is 3.30. The summed E-state index contributed by atoms with van der Waals surface area (Å²) in [5.74, 6) is 0.803. The zero-order valence-electron chi connectivity index (χ0n) is 11.1. The first-order chi connectivity index (χ1) is 9.78. The molecule has 0 saturated heterocycles. The molecule has 0 radical (unpaired) electrons. The van der Waals surface area contributed by atoms with E-state index in [0.29, 0.717) is 17.8 Å². The van der Waals surface area contributed by atoms with Gasteiger partial charge in [-0.05, 0) is 29.6 Å². The first kappa shape index (κ1) is 13.1. The number of para-hydroxylation sites is 1. The second-order valence-corrected chi connectivity index (χ2v) is 5.42. The molecule has 0 fully saturated rings. The molecule has 104 valence electrons. The van der Waals surface area contributed by atoms with Crippen molar-refractivity contribution in [3.8, 4) is 5.75 Å². The van der Waals surface area contributed by atoms with Crippen molar-refractivity contribution >= 4 is 17.4 Å². The van der Waals surface area contributed by atoms with Gasteiger partial charge in [0.1, 0.15) is 16.7 Å². The molecular weight excluding hydrogens is 274 g/mol. The SMILES string of the molecule is CCc1nnsc1C(=O)NC[C@@H]1Cc2ccccc2O1. The van der Waals surface area contributed by atoms with Crippen LogP contribution in [0.4, 0.5) is 0 Å². The van der Waals surface area contributed by atoms with Crippen LogP contribution in [-0.2, 0) is 12.8 Å². The molecular formula is C14H15N3O2S. The number of aryl methyl sites for hydroxylation is 1. The molecule has 0 aliphatic carbocycles. The standard InChI is InChI=1S/C14H15N3O2S/c1-2-11-13(20-17-16-11)14(18)15-8-10-7-9-5-3-4-6-12(9)19-10/h3-6,10H,2,7-8H2,1H3,(H,15,18)/t10-/m0/s1. The molecule has 0 unspecified atom stereocenters. The minimum atomic E-state index is -0.114. The molecule has 1 aliphatic rings. The number of ether oxygens (including phenoxy) is 1. The fourth-order valence-corrected chi connectivity index (χ4v) is 2.93.